The predicted octanol–water partition coefficient (Wildman–Crippen LogP) is 3.93. The highest BCUT2D eigenvalue weighted by atomic mass is 79.9. The largest absolute Gasteiger partial charge is 0.374 e. The molecular formula is C19H20BrN3O2. The molecule has 3 rings (SSSR count). The van der Waals surface area contributed by atoms with Crippen molar-refractivity contribution in [3.8, 4) is 0 Å². The number of carbonyl (C=O) groups excluding carboxylic acids is 2. The SMILES string of the molecule is Cc1ccc(NC(=O)CNc2ccccc2N2CCCC2=O)cc1Br. The zero-order valence-corrected chi connectivity index (χ0v) is 15.6. The van der Waals surface area contributed by atoms with E-state index in [1.807, 2.05) is 49.4 Å². The van der Waals surface area contributed by atoms with Gasteiger partial charge in [-0.2, -0.15) is 0 Å². The second-order valence-electron chi connectivity index (χ2n) is 6.03. The minimum Gasteiger partial charge on any atom is -0.374 e. The van der Waals surface area contributed by atoms with Crippen molar-refractivity contribution < 1.29 is 9.59 Å². The number of rotatable bonds is 5. The first kappa shape index (κ1) is 17.5. The maximum atomic E-state index is 12.2. The molecule has 130 valence electrons. The molecule has 0 aromatic heterocycles. The van der Waals surface area contributed by atoms with Gasteiger partial charge in [-0.1, -0.05) is 34.1 Å². The van der Waals surface area contributed by atoms with Gasteiger partial charge in [-0.3, -0.25) is 9.59 Å². The normalized spacial score (nSPS) is 13.8. The highest BCUT2D eigenvalue weighted by molar-refractivity contribution is 9.10. The molecule has 2 aromatic carbocycles. The highest BCUT2D eigenvalue weighted by Crippen LogP contribution is 2.29. The van der Waals surface area contributed by atoms with Crippen molar-refractivity contribution in [2.24, 2.45) is 0 Å². The monoisotopic (exact) mass is 401 g/mol. The quantitative estimate of drug-likeness (QED) is 0.797. The van der Waals surface area contributed by atoms with Crippen molar-refractivity contribution in [2.45, 2.75) is 19.8 Å². The number of para-hydroxylation sites is 2. The van der Waals surface area contributed by atoms with Gasteiger partial charge in [-0.15, -0.1) is 0 Å². The molecule has 0 saturated carbocycles. The van der Waals surface area contributed by atoms with Gasteiger partial charge in [-0.05, 0) is 43.2 Å². The fraction of sp³-hybridized carbons (Fsp3) is 0.263. The number of hydrogen-bond acceptors (Lipinski definition) is 3. The summed E-state index contributed by atoms with van der Waals surface area (Å²) in [6.07, 6.45) is 1.45. The van der Waals surface area contributed by atoms with Crippen LogP contribution >= 0.6 is 15.9 Å². The van der Waals surface area contributed by atoms with Crippen LogP contribution in [0.3, 0.4) is 0 Å². The molecule has 0 aliphatic carbocycles. The number of nitrogens with one attached hydrogen (secondary N) is 2. The Morgan fingerprint density at radius 2 is 2.04 bits per heavy atom. The van der Waals surface area contributed by atoms with Gasteiger partial charge in [0.15, 0.2) is 0 Å². The molecule has 0 radical (unpaired) electrons. The van der Waals surface area contributed by atoms with Crippen LogP contribution < -0.4 is 15.5 Å². The minimum absolute atomic E-state index is 0.128. The second kappa shape index (κ2) is 7.70. The zero-order chi connectivity index (χ0) is 17.8. The van der Waals surface area contributed by atoms with Gasteiger partial charge in [0.2, 0.25) is 11.8 Å². The molecule has 1 saturated heterocycles. The Hall–Kier alpha value is -2.34. The lowest BCUT2D eigenvalue weighted by atomic mass is 10.2. The molecule has 2 amide bonds. The van der Waals surface area contributed by atoms with Crippen LogP contribution in [0.15, 0.2) is 46.9 Å². The molecule has 0 spiro atoms. The van der Waals surface area contributed by atoms with Crippen molar-refractivity contribution in [3.63, 3.8) is 0 Å². The van der Waals surface area contributed by atoms with Gasteiger partial charge in [0, 0.05) is 23.1 Å². The molecule has 1 aliphatic heterocycles. The zero-order valence-electron chi connectivity index (χ0n) is 14.0. The standard InChI is InChI=1S/C19H20BrN3O2/c1-13-8-9-14(11-15(13)20)22-18(24)12-21-16-5-2-3-6-17(16)23-10-4-7-19(23)25/h2-3,5-6,8-9,11,21H,4,7,10,12H2,1H3,(H,22,24). The summed E-state index contributed by atoms with van der Waals surface area (Å²) in [6.45, 7) is 2.85. The molecule has 1 heterocycles. The summed E-state index contributed by atoms with van der Waals surface area (Å²) in [5, 5.41) is 6.01. The van der Waals surface area contributed by atoms with Gasteiger partial charge in [-0.25, -0.2) is 0 Å². The lowest BCUT2D eigenvalue weighted by Gasteiger charge is -2.20. The van der Waals surface area contributed by atoms with E-state index in [0.717, 1.165) is 40.1 Å². The predicted molar refractivity (Wildman–Crippen MR) is 104 cm³/mol. The topological polar surface area (TPSA) is 61.4 Å². The van der Waals surface area contributed by atoms with Gasteiger partial charge >= 0.3 is 0 Å². The molecule has 0 bridgehead atoms. The van der Waals surface area contributed by atoms with Crippen LogP contribution in [0.5, 0.6) is 0 Å². The molecule has 2 aromatic rings. The van der Waals surface area contributed by atoms with Crippen molar-refractivity contribution in [2.75, 3.05) is 28.6 Å². The van der Waals surface area contributed by atoms with E-state index in [4.69, 9.17) is 0 Å². The summed E-state index contributed by atoms with van der Waals surface area (Å²) in [4.78, 5) is 26.0. The number of benzene rings is 2. The van der Waals surface area contributed by atoms with Crippen LogP contribution in [-0.4, -0.2) is 24.9 Å². The van der Waals surface area contributed by atoms with E-state index in [9.17, 15) is 9.59 Å². The summed E-state index contributed by atoms with van der Waals surface area (Å²) in [5.41, 5.74) is 3.47. The number of carbonyl (C=O) groups is 2. The van der Waals surface area contributed by atoms with Crippen LogP contribution in [-0.2, 0) is 9.59 Å². The molecule has 6 heteroatoms. The van der Waals surface area contributed by atoms with Gasteiger partial charge in [0.05, 0.1) is 17.9 Å². The maximum absolute atomic E-state index is 12.2. The van der Waals surface area contributed by atoms with Crippen molar-refractivity contribution in [1.82, 2.24) is 0 Å². The molecular weight excluding hydrogens is 382 g/mol. The highest BCUT2D eigenvalue weighted by Gasteiger charge is 2.23. The summed E-state index contributed by atoms with van der Waals surface area (Å²) in [5.74, 6) is -0.0125. The van der Waals surface area contributed by atoms with Crippen molar-refractivity contribution >= 4 is 44.8 Å². The number of halogens is 1. The Morgan fingerprint density at radius 1 is 1.24 bits per heavy atom. The number of nitrogens with zero attached hydrogens (tertiary/aromatic N) is 1. The third kappa shape index (κ3) is 4.20. The third-order valence-corrected chi connectivity index (χ3v) is 5.02. The Balaban J connectivity index is 1.64. The van der Waals surface area contributed by atoms with Gasteiger partial charge in [0.25, 0.3) is 0 Å². The average Bonchev–Trinajstić information content (AvgIpc) is 3.02. The first-order chi connectivity index (χ1) is 12.0. The van der Waals surface area contributed by atoms with Gasteiger partial charge < -0.3 is 15.5 Å². The summed E-state index contributed by atoms with van der Waals surface area (Å²) in [6, 6.07) is 13.3. The van der Waals surface area contributed by atoms with E-state index >= 15 is 0 Å². The van der Waals surface area contributed by atoms with Crippen LogP contribution in [0, 0.1) is 6.92 Å². The second-order valence-corrected chi connectivity index (χ2v) is 6.89. The van der Waals surface area contributed by atoms with E-state index in [2.05, 4.69) is 26.6 Å². The Kier molecular flexibility index (Phi) is 5.38. The van der Waals surface area contributed by atoms with E-state index in [-0.39, 0.29) is 18.4 Å². The third-order valence-electron chi connectivity index (χ3n) is 4.16. The number of amides is 2. The molecule has 0 atom stereocenters. The van der Waals surface area contributed by atoms with E-state index in [1.165, 1.54) is 0 Å². The minimum atomic E-state index is -0.140. The van der Waals surface area contributed by atoms with E-state index in [0.29, 0.717) is 6.42 Å². The Labute approximate surface area is 155 Å². The van der Waals surface area contributed by atoms with E-state index in [1.54, 1.807) is 4.90 Å². The van der Waals surface area contributed by atoms with Crippen LogP contribution in [0.4, 0.5) is 17.1 Å². The smallest absolute Gasteiger partial charge is 0.243 e. The molecule has 1 aliphatic rings. The lowest BCUT2D eigenvalue weighted by molar-refractivity contribution is -0.117. The summed E-state index contributed by atoms with van der Waals surface area (Å²) < 4.78 is 0.955. The van der Waals surface area contributed by atoms with Crippen molar-refractivity contribution in [3.05, 3.63) is 52.5 Å². The fourth-order valence-corrected chi connectivity index (χ4v) is 3.19. The Bertz CT molecular complexity index is 807. The van der Waals surface area contributed by atoms with Crippen LogP contribution in [0.1, 0.15) is 18.4 Å². The molecule has 5 nitrogen and oxygen atoms in total. The summed E-state index contributed by atoms with van der Waals surface area (Å²) in [7, 11) is 0. The molecule has 25 heavy (non-hydrogen) atoms. The average molecular weight is 402 g/mol. The Morgan fingerprint density at radius 3 is 2.76 bits per heavy atom. The molecule has 2 N–H and O–H groups in total. The van der Waals surface area contributed by atoms with Gasteiger partial charge in [0.1, 0.15) is 0 Å². The first-order valence-electron chi connectivity index (χ1n) is 8.24. The van der Waals surface area contributed by atoms with Crippen LogP contribution in [0.25, 0.3) is 0 Å². The maximum Gasteiger partial charge on any atom is 0.243 e. The van der Waals surface area contributed by atoms with Crippen molar-refractivity contribution in [1.29, 1.82) is 0 Å². The number of aryl methyl sites for hydroxylation is 1. The molecule has 0 unspecified atom stereocenters. The van der Waals surface area contributed by atoms with Crippen LogP contribution in [0.2, 0.25) is 0 Å². The fourth-order valence-electron chi connectivity index (χ4n) is 2.81. The summed E-state index contributed by atoms with van der Waals surface area (Å²) >= 11 is 3.46. The number of anilines is 3. The lowest BCUT2D eigenvalue weighted by Crippen LogP contribution is -2.26. The molecule has 1 fully saturated rings. The van der Waals surface area contributed by atoms with E-state index < -0.39 is 0 Å². The number of hydrogen-bond donors (Lipinski definition) is 2. The first-order valence-corrected chi connectivity index (χ1v) is 9.03.